The second-order valence-corrected chi connectivity index (χ2v) is 4.12. The molecule has 0 saturated heterocycles. The number of carboxylic acid groups (broad SMARTS) is 1. The zero-order chi connectivity index (χ0) is 14.8. The van der Waals surface area contributed by atoms with Crippen LogP contribution in [0.5, 0.6) is 0 Å². The molecule has 0 aromatic carbocycles. The Morgan fingerprint density at radius 3 is 2.21 bits per heavy atom. The van der Waals surface area contributed by atoms with Gasteiger partial charge in [0.25, 0.3) is 0 Å². The predicted octanol–water partition coefficient (Wildman–Crippen LogP) is -1.82. The lowest BCUT2D eigenvalue weighted by atomic mass is 10.1. The van der Waals surface area contributed by atoms with E-state index in [4.69, 9.17) is 15.9 Å². The molecular weight excluding hydrogens is 254 g/mol. The van der Waals surface area contributed by atoms with Crippen LogP contribution in [0.1, 0.15) is 26.2 Å². The average Bonchev–Trinajstić information content (AvgIpc) is 2.33. The molecule has 0 fully saturated rings. The smallest absolute Gasteiger partial charge is 0.328 e. The van der Waals surface area contributed by atoms with Gasteiger partial charge in [0.05, 0.1) is 6.61 Å². The van der Waals surface area contributed by atoms with Crippen LogP contribution in [0, 0.1) is 0 Å². The van der Waals surface area contributed by atoms with Crippen molar-refractivity contribution < 1.29 is 24.6 Å². The normalized spacial score (nSPS) is 13.4. The molecule has 0 aliphatic rings. The largest absolute Gasteiger partial charge is 0.480 e. The fourth-order valence-corrected chi connectivity index (χ4v) is 1.46. The van der Waals surface area contributed by atoms with Crippen LogP contribution in [-0.2, 0) is 14.4 Å². The van der Waals surface area contributed by atoms with Crippen LogP contribution < -0.4 is 16.4 Å². The lowest BCUT2D eigenvalue weighted by Crippen LogP contribution is -2.52. The summed E-state index contributed by atoms with van der Waals surface area (Å²) < 4.78 is 0. The summed E-state index contributed by atoms with van der Waals surface area (Å²) in [5.41, 5.74) is 5.34. The third-order valence-corrected chi connectivity index (χ3v) is 2.44. The van der Waals surface area contributed by atoms with Crippen LogP contribution in [0.25, 0.3) is 0 Å². The zero-order valence-corrected chi connectivity index (χ0v) is 10.9. The first-order chi connectivity index (χ1) is 8.92. The zero-order valence-electron chi connectivity index (χ0n) is 10.9. The van der Waals surface area contributed by atoms with Crippen molar-refractivity contribution in [1.82, 2.24) is 10.6 Å². The fourth-order valence-electron chi connectivity index (χ4n) is 1.46. The molecule has 19 heavy (non-hydrogen) atoms. The number of aliphatic hydroxyl groups is 1. The van der Waals surface area contributed by atoms with E-state index in [-0.39, 0.29) is 5.91 Å². The van der Waals surface area contributed by atoms with Crippen LogP contribution in [0.4, 0.5) is 0 Å². The van der Waals surface area contributed by atoms with Gasteiger partial charge in [-0.2, -0.15) is 0 Å². The van der Waals surface area contributed by atoms with Gasteiger partial charge in [-0.05, 0) is 25.8 Å². The number of carboxylic acids is 1. The number of aliphatic hydroxyl groups excluding tert-OH is 1. The maximum absolute atomic E-state index is 11.8. The number of rotatable bonds is 9. The van der Waals surface area contributed by atoms with E-state index in [2.05, 4.69) is 10.6 Å². The van der Waals surface area contributed by atoms with Crippen LogP contribution in [0.2, 0.25) is 0 Å². The monoisotopic (exact) mass is 275 g/mol. The molecule has 0 spiro atoms. The Labute approximate surface area is 111 Å². The molecule has 0 aromatic heterocycles. The Hall–Kier alpha value is -1.67. The number of unbranched alkanes of at least 4 members (excludes halogenated alkanes) is 1. The highest BCUT2D eigenvalue weighted by Gasteiger charge is 2.24. The van der Waals surface area contributed by atoms with Gasteiger partial charge >= 0.3 is 5.97 Å². The number of nitrogens with two attached hydrogens (primary N) is 1. The minimum Gasteiger partial charge on any atom is -0.480 e. The van der Waals surface area contributed by atoms with Crippen LogP contribution in [0.3, 0.4) is 0 Å². The van der Waals surface area contributed by atoms with E-state index < -0.39 is 30.6 Å². The van der Waals surface area contributed by atoms with Crippen molar-refractivity contribution in [2.24, 2.45) is 5.73 Å². The molecule has 0 saturated carbocycles. The van der Waals surface area contributed by atoms with E-state index in [0.717, 1.165) is 0 Å². The maximum Gasteiger partial charge on any atom is 0.328 e. The Morgan fingerprint density at radius 1 is 1.16 bits per heavy atom. The van der Waals surface area contributed by atoms with Gasteiger partial charge < -0.3 is 26.6 Å². The number of carbonyl (C=O) groups is 3. The molecule has 8 heteroatoms. The van der Waals surface area contributed by atoms with Gasteiger partial charge in [0.15, 0.2) is 0 Å². The summed E-state index contributed by atoms with van der Waals surface area (Å²) in [6, 6.07) is -2.20. The van der Waals surface area contributed by atoms with Crippen molar-refractivity contribution in [3.63, 3.8) is 0 Å². The highest BCUT2D eigenvalue weighted by Crippen LogP contribution is 2.01. The third-order valence-electron chi connectivity index (χ3n) is 2.44. The second-order valence-electron chi connectivity index (χ2n) is 4.12. The molecule has 0 aliphatic carbocycles. The Bertz CT molecular complexity index is 321. The Kier molecular flexibility index (Phi) is 8.47. The summed E-state index contributed by atoms with van der Waals surface area (Å²) in [6.45, 7) is 1.03. The van der Waals surface area contributed by atoms with Crippen LogP contribution in [0.15, 0.2) is 0 Å². The standard InChI is InChI=1S/C11H21N3O5/c1-7(16)13-8(4-2-3-5-12)10(17)14-9(6-15)11(18)19/h8-9,15H,2-6,12H2,1H3,(H,13,16)(H,14,17)(H,18,19)/t8-,9-/m0/s1. The summed E-state index contributed by atoms with van der Waals surface area (Å²) in [4.78, 5) is 33.5. The third kappa shape index (κ3) is 7.37. The fraction of sp³-hybridized carbons (Fsp3) is 0.727. The van der Waals surface area contributed by atoms with E-state index in [1.54, 1.807) is 0 Å². The molecule has 8 nitrogen and oxygen atoms in total. The molecule has 2 atom stereocenters. The molecular formula is C11H21N3O5. The SMILES string of the molecule is CC(=O)N[C@@H](CCCCN)C(=O)N[C@@H](CO)C(=O)O. The average molecular weight is 275 g/mol. The summed E-state index contributed by atoms with van der Waals surface area (Å²) in [5.74, 6) is -2.35. The number of hydrogen-bond acceptors (Lipinski definition) is 5. The maximum atomic E-state index is 11.8. The van der Waals surface area contributed by atoms with Crippen molar-refractivity contribution in [3.8, 4) is 0 Å². The van der Waals surface area contributed by atoms with Crippen molar-refractivity contribution in [3.05, 3.63) is 0 Å². The molecule has 0 heterocycles. The summed E-state index contributed by atoms with van der Waals surface area (Å²) in [7, 11) is 0. The number of amides is 2. The number of carbonyl (C=O) groups excluding carboxylic acids is 2. The first kappa shape index (κ1) is 17.3. The molecule has 2 amide bonds. The number of aliphatic carboxylic acids is 1. The van der Waals surface area contributed by atoms with Gasteiger partial charge in [0.2, 0.25) is 11.8 Å². The molecule has 0 aliphatic heterocycles. The van der Waals surface area contributed by atoms with Crippen molar-refractivity contribution >= 4 is 17.8 Å². The summed E-state index contributed by atoms with van der Waals surface area (Å²) in [6.07, 6.45) is 1.69. The Balaban J connectivity index is 4.51. The highest BCUT2D eigenvalue weighted by atomic mass is 16.4. The van der Waals surface area contributed by atoms with Crippen molar-refractivity contribution in [1.29, 1.82) is 0 Å². The van der Waals surface area contributed by atoms with E-state index in [1.807, 2.05) is 0 Å². The molecule has 0 aromatic rings. The summed E-state index contributed by atoms with van der Waals surface area (Å²) in [5, 5.41) is 22.1. The molecule has 6 N–H and O–H groups in total. The van der Waals surface area contributed by atoms with Gasteiger partial charge in [-0.3, -0.25) is 9.59 Å². The predicted molar refractivity (Wildman–Crippen MR) is 67.2 cm³/mol. The lowest BCUT2D eigenvalue weighted by Gasteiger charge is -2.19. The van der Waals surface area contributed by atoms with Crippen molar-refractivity contribution in [2.45, 2.75) is 38.3 Å². The molecule has 0 rings (SSSR count). The van der Waals surface area contributed by atoms with Crippen molar-refractivity contribution in [2.75, 3.05) is 13.2 Å². The quantitative estimate of drug-likeness (QED) is 0.314. The van der Waals surface area contributed by atoms with Crippen LogP contribution in [-0.4, -0.2) is 53.2 Å². The van der Waals surface area contributed by atoms with Crippen LogP contribution >= 0.6 is 0 Å². The lowest BCUT2D eigenvalue weighted by molar-refractivity contribution is -0.143. The Morgan fingerprint density at radius 2 is 1.79 bits per heavy atom. The van der Waals surface area contributed by atoms with E-state index in [0.29, 0.717) is 25.8 Å². The highest BCUT2D eigenvalue weighted by molar-refractivity contribution is 5.89. The van der Waals surface area contributed by atoms with Gasteiger partial charge in [-0.15, -0.1) is 0 Å². The number of nitrogens with one attached hydrogen (secondary N) is 2. The first-order valence-corrected chi connectivity index (χ1v) is 6.03. The van der Waals surface area contributed by atoms with Gasteiger partial charge in [-0.25, -0.2) is 4.79 Å². The second kappa shape index (κ2) is 9.29. The van der Waals surface area contributed by atoms with E-state index in [1.165, 1.54) is 6.92 Å². The first-order valence-electron chi connectivity index (χ1n) is 6.03. The van der Waals surface area contributed by atoms with Gasteiger partial charge in [-0.1, -0.05) is 0 Å². The van der Waals surface area contributed by atoms with Gasteiger partial charge in [0, 0.05) is 6.92 Å². The molecule has 110 valence electrons. The topological polar surface area (TPSA) is 142 Å². The minimum atomic E-state index is -1.38. The molecule has 0 radical (unpaired) electrons. The summed E-state index contributed by atoms with van der Waals surface area (Å²) >= 11 is 0. The molecule has 0 bridgehead atoms. The molecule has 0 unspecified atom stereocenters. The number of hydrogen-bond donors (Lipinski definition) is 5. The van der Waals surface area contributed by atoms with E-state index in [9.17, 15) is 14.4 Å². The minimum absolute atomic E-state index is 0.361. The van der Waals surface area contributed by atoms with Gasteiger partial charge in [0.1, 0.15) is 12.1 Å². The van der Waals surface area contributed by atoms with E-state index >= 15 is 0 Å².